The standard InChI is InChI=1S/C13H21N3S/c1-9-11(6-7-17-9)15-12-4-3-5-13-10(12)8-14-16(13)2/h8-9,11-12,15H,3-7H2,1-2H3. The molecule has 3 nitrogen and oxygen atoms in total. The molecule has 0 radical (unpaired) electrons. The van der Waals surface area contributed by atoms with Gasteiger partial charge in [0.25, 0.3) is 0 Å². The number of hydrogen-bond donors (Lipinski definition) is 1. The third-order valence-electron chi connectivity index (χ3n) is 4.17. The van der Waals surface area contributed by atoms with E-state index >= 15 is 0 Å². The Morgan fingerprint density at radius 3 is 3.12 bits per heavy atom. The van der Waals surface area contributed by atoms with Gasteiger partial charge in [-0.05, 0) is 31.4 Å². The first-order valence-corrected chi connectivity index (χ1v) is 7.69. The van der Waals surface area contributed by atoms with Gasteiger partial charge in [0.1, 0.15) is 0 Å². The molecule has 1 fully saturated rings. The molecule has 3 unspecified atom stereocenters. The summed E-state index contributed by atoms with van der Waals surface area (Å²) >= 11 is 2.10. The fourth-order valence-corrected chi connectivity index (χ4v) is 4.30. The molecule has 0 aromatic carbocycles. The first kappa shape index (κ1) is 11.6. The summed E-state index contributed by atoms with van der Waals surface area (Å²) < 4.78 is 2.05. The smallest absolute Gasteiger partial charge is 0.0540 e. The van der Waals surface area contributed by atoms with E-state index in [1.807, 2.05) is 0 Å². The second-order valence-electron chi connectivity index (χ2n) is 5.25. The highest BCUT2D eigenvalue weighted by Gasteiger charge is 2.30. The van der Waals surface area contributed by atoms with Crippen LogP contribution in [0.1, 0.15) is 43.5 Å². The number of nitrogens with one attached hydrogen (secondary N) is 1. The average Bonchev–Trinajstić information content (AvgIpc) is 2.89. The molecule has 0 saturated carbocycles. The van der Waals surface area contributed by atoms with Crippen LogP contribution in [0, 0.1) is 0 Å². The van der Waals surface area contributed by atoms with E-state index in [9.17, 15) is 0 Å². The normalized spacial score (nSPS) is 32.7. The Kier molecular flexibility index (Phi) is 3.17. The van der Waals surface area contributed by atoms with Gasteiger partial charge in [0.15, 0.2) is 0 Å². The largest absolute Gasteiger partial charge is 0.306 e. The molecule has 3 atom stereocenters. The Morgan fingerprint density at radius 1 is 1.47 bits per heavy atom. The van der Waals surface area contributed by atoms with Gasteiger partial charge in [-0.25, -0.2) is 0 Å². The van der Waals surface area contributed by atoms with E-state index in [0.717, 1.165) is 5.25 Å². The maximum absolute atomic E-state index is 4.41. The van der Waals surface area contributed by atoms with Gasteiger partial charge >= 0.3 is 0 Å². The van der Waals surface area contributed by atoms with E-state index in [1.54, 1.807) is 0 Å². The van der Waals surface area contributed by atoms with E-state index in [1.165, 1.54) is 42.7 Å². The fraction of sp³-hybridized carbons (Fsp3) is 0.769. The highest BCUT2D eigenvalue weighted by Crippen LogP contribution is 2.33. The van der Waals surface area contributed by atoms with Gasteiger partial charge in [-0.3, -0.25) is 4.68 Å². The summed E-state index contributed by atoms with van der Waals surface area (Å²) in [5, 5.41) is 9.04. The van der Waals surface area contributed by atoms with E-state index < -0.39 is 0 Å². The van der Waals surface area contributed by atoms with Crippen LogP contribution in [0.15, 0.2) is 6.20 Å². The summed E-state index contributed by atoms with van der Waals surface area (Å²) in [5.41, 5.74) is 2.88. The summed E-state index contributed by atoms with van der Waals surface area (Å²) in [5.74, 6) is 1.31. The molecule has 4 heteroatoms. The van der Waals surface area contributed by atoms with E-state index in [2.05, 4.69) is 47.0 Å². The lowest BCUT2D eigenvalue weighted by molar-refractivity contribution is 0.390. The maximum atomic E-state index is 4.41. The number of aromatic nitrogens is 2. The molecule has 1 aliphatic heterocycles. The van der Waals surface area contributed by atoms with Crippen molar-refractivity contribution in [1.82, 2.24) is 15.1 Å². The van der Waals surface area contributed by atoms with Crippen LogP contribution in [0.5, 0.6) is 0 Å². The molecule has 0 bridgehead atoms. The Hall–Kier alpha value is -0.480. The number of nitrogens with zero attached hydrogens (tertiary/aromatic N) is 2. The minimum Gasteiger partial charge on any atom is -0.306 e. The minimum absolute atomic E-state index is 0.540. The molecule has 2 aliphatic rings. The lowest BCUT2D eigenvalue weighted by Gasteiger charge is -2.28. The van der Waals surface area contributed by atoms with Gasteiger partial charge in [0, 0.05) is 35.6 Å². The summed E-state index contributed by atoms with van der Waals surface area (Å²) in [6.45, 7) is 2.35. The molecule has 1 aliphatic carbocycles. The molecule has 2 heterocycles. The second kappa shape index (κ2) is 4.65. The quantitative estimate of drug-likeness (QED) is 0.874. The molecular weight excluding hydrogens is 230 g/mol. The zero-order chi connectivity index (χ0) is 11.8. The van der Waals surface area contributed by atoms with Crippen LogP contribution < -0.4 is 5.32 Å². The van der Waals surface area contributed by atoms with Crippen molar-refractivity contribution >= 4 is 11.8 Å². The van der Waals surface area contributed by atoms with Crippen LogP contribution in [0.25, 0.3) is 0 Å². The minimum atomic E-state index is 0.540. The lowest BCUT2D eigenvalue weighted by atomic mass is 9.92. The third-order valence-corrected chi connectivity index (χ3v) is 5.49. The Bertz CT molecular complexity index is 401. The van der Waals surface area contributed by atoms with Crippen LogP contribution in [0.3, 0.4) is 0 Å². The molecule has 0 spiro atoms. The van der Waals surface area contributed by atoms with Crippen molar-refractivity contribution in [2.75, 3.05) is 5.75 Å². The van der Waals surface area contributed by atoms with Gasteiger partial charge in [-0.1, -0.05) is 6.92 Å². The van der Waals surface area contributed by atoms with Gasteiger partial charge in [0.05, 0.1) is 6.20 Å². The molecule has 3 rings (SSSR count). The van der Waals surface area contributed by atoms with E-state index in [0.29, 0.717) is 12.1 Å². The van der Waals surface area contributed by atoms with Crippen LogP contribution >= 0.6 is 11.8 Å². The number of thioether (sulfide) groups is 1. The second-order valence-corrected chi connectivity index (χ2v) is 6.74. The zero-order valence-corrected chi connectivity index (χ0v) is 11.5. The number of rotatable bonds is 2. The predicted molar refractivity (Wildman–Crippen MR) is 72.3 cm³/mol. The maximum Gasteiger partial charge on any atom is 0.0540 e. The summed E-state index contributed by atoms with van der Waals surface area (Å²) in [7, 11) is 2.06. The van der Waals surface area contributed by atoms with Crippen molar-refractivity contribution in [3.63, 3.8) is 0 Å². The Labute approximate surface area is 107 Å². The third kappa shape index (κ3) is 2.13. The van der Waals surface area contributed by atoms with Gasteiger partial charge in [0.2, 0.25) is 0 Å². The molecule has 1 aromatic rings. The highest BCUT2D eigenvalue weighted by atomic mass is 32.2. The summed E-state index contributed by atoms with van der Waals surface area (Å²) in [6.07, 6.45) is 7.14. The molecule has 1 saturated heterocycles. The van der Waals surface area contributed by atoms with Crippen LogP contribution in [-0.4, -0.2) is 26.8 Å². The predicted octanol–water partition coefficient (Wildman–Crippen LogP) is 2.28. The van der Waals surface area contributed by atoms with Crippen LogP contribution in [0.4, 0.5) is 0 Å². The lowest BCUT2D eigenvalue weighted by Crippen LogP contribution is -2.37. The highest BCUT2D eigenvalue weighted by molar-refractivity contribution is 8.00. The molecular formula is C13H21N3S. The monoisotopic (exact) mass is 251 g/mol. The van der Waals surface area contributed by atoms with E-state index in [-0.39, 0.29) is 0 Å². The van der Waals surface area contributed by atoms with Crippen LogP contribution in [-0.2, 0) is 13.5 Å². The number of fused-ring (bicyclic) bond motifs is 1. The number of hydrogen-bond acceptors (Lipinski definition) is 3. The summed E-state index contributed by atoms with van der Waals surface area (Å²) in [4.78, 5) is 0. The van der Waals surface area contributed by atoms with E-state index in [4.69, 9.17) is 0 Å². The molecule has 17 heavy (non-hydrogen) atoms. The molecule has 1 aromatic heterocycles. The topological polar surface area (TPSA) is 29.9 Å². The Balaban J connectivity index is 1.76. The zero-order valence-electron chi connectivity index (χ0n) is 10.6. The van der Waals surface area contributed by atoms with Crippen molar-refractivity contribution in [3.8, 4) is 0 Å². The first-order valence-electron chi connectivity index (χ1n) is 6.64. The van der Waals surface area contributed by atoms with Crippen molar-refractivity contribution in [1.29, 1.82) is 0 Å². The molecule has 94 valence electrons. The van der Waals surface area contributed by atoms with Crippen molar-refractivity contribution in [3.05, 3.63) is 17.5 Å². The number of aryl methyl sites for hydroxylation is 1. The van der Waals surface area contributed by atoms with Gasteiger partial charge < -0.3 is 5.32 Å². The van der Waals surface area contributed by atoms with Crippen molar-refractivity contribution < 1.29 is 0 Å². The Morgan fingerprint density at radius 2 is 2.35 bits per heavy atom. The molecule has 1 N–H and O–H groups in total. The first-order chi connectivity index (χ1) is 8.25. The van der Waals surface area contributed by atoms with Crippen molar-refractivity contribution in [2.45, 2.75) is 49.9 Å². The van der Waals surface area contributed by atoms with Crippen LogP contribution in [0.2, 0.25) is 0 Å². The van der Waals surface area contributed by atoms with Gasteiger partial charge in [-0.2, -0.15) is 16.9 Å². The average molecular weight is 251 g/mol. The van der Waals surface area contributed by atoms with Crippen molar-refractivity contribution in [2.24, 2.45) is 7.05 Å². The molecule has 0 amide bonds. The SMILES string of the molecule is CC1SCCC1NC1CCCc2c1cnn2C. The van der Waals surface area contributed by atoms with Gasteiger partial charge in [-0.15, -0.1) is 0 Å². The fourth-order valence-electron chi connectivity index (χ4n) is 3.09. The summed E-state index contributed by atoms with van der Waals surface area (Å²) in [6, 6.07) is 1.23.